The topological polar surface area (TPSA) is 61.7 Å². The van der Waals surface area contributed by atoms with E-state index in [1.807, 2.05) is 79.0 Å². The second-order valence-electron chi connectivity index (χ2n) is 12.6. The third-order valence-electron chi connectivity index (χ3n) is 9.38. The van der Waals surface area contributed by atoms with E-state index < -0.39 is 0 Å². The normalized spacial score (nSPS) is 12.0. The second-order valence-corrected chi connectivity index (χ2v) is 12.6. The van der Waals surface area contributed by atoms with Crippen LogP contribution in [0.2, 0.25) is 0 Å². The number of amidine groups is 2. The summed E-state index contributed by atoms with van der Waals surface area (Å²) in [6.45, 7) is 0. The summed E-state index contributed by atoms with van der Waals surface area (Å²) in [4.78, 5) is 9.99. The number of nitrogens with one attached hydrogen (secondary N) is 1. The van der Waals surface area contributed by atoms with Crippen LogP contribution in [0, 0.1) is 5.41 Å². The number of rotatable bonds is 5. The van der Waals surface area contributed by atoms with E-state index in [1.165, 1.54) is 5.56 Å². The van der Waals surface area contributed by atoms with Crippen LogP contribution in [0.4, 0.5) is 0 Å². The van der Waals surface area contributed by atoms with E-state index >= 15 is 0 Å². The summed E-state index contributed by atoms with van der Waals surface area (Å²) in [5.41, 5.74) is 8.59. The molecule has 0 spiro atoms. The molecule has 1 N–H and O–H groups in total. The quantitative estimate of drug-likeness (QED) is 0.146. The Hall–Kier alpha value is -6.91. The second kappa shape index (κ2) is 12.8. The van der Waals surface area contributed by atoms with Crippen LogP contribution in [0.5, 0.6) is 0 Å². The average Bonchev–Trinajstić information content (AvgIpc) is 3.59. The summed E-state index contributed by atoms with van der Waals surface area (Å²) < 4.78 is 6.58. The summed E-state index contributed by atoms with van der Waals surface area (Å²) in [5, 5.41) is 15.4. The van der Waals surface area contributed by atoms with E-state index in [2.05, 4.69) is 103 Å². The molecule has 51 heavy (non-hydrogen) atoms. The molecule has 4 nitrogen and oxygen atoms in total. The van der Waals surface area contributed by atoms with Crippen LogP contribution in [0.1, 0.15) is 16.7 Å². The zero-order chi connectivity index (χ0) is 34.1. The van der Waals surface area contributed by atoms with E-state index in [1.54, 1.807) is 0 Å². The molecule has 0 saturated carbocycles. The van der Waals surface area contributed by atoms with Crippen molar-refractivity contribution < 1.29 is 4.42 Å². The van der Waals surface area contributed by atoms with Crippen LogP contribution in [0.25, 0.3) is 65.7 Å². The van der Waals surface area contributed by atoms with Crippen LogP contribution < -0.4 is 0 Å². The number of hydrogen-bond donors (Lipinski definition) is 1. The zero-order valence-corrected chi connectivity index (χ0v) is 27.6. The highest BCUT2D eigenvalue weighted by atomic mass is 16.3. The van der Waals surface area contributed by atoms with Crippen molar-refractivity contribution in [2.75, 3.05) is 0 Å². The number of furan rings is 1. The van der Waals surface area contributed by atoms with Gasteiger partial charge in [-0.15, -0.1) is 0 Å². The lowest BCUT2D eigenvalue weighted by atomic mass is 9.96. The first-order chi connectivity index (χ1) is 25.2. The van der Waals surface area contributed by atoms with Gasteiger partial charge in [0.25, 0.3) is 0 Å². The fourth-order valence-electron chi connectivity index (χ4n) is 6.81. The molecule has 0 radical (unpaired) electrons. The van der Waals surface area contributed by atoms with Gasteiger partial charge in [-0.25, -0.2) is 9.98 Å². The van der Waals surface area contributed by atoms with Gasteiger partial charge in [0, 0.05) is 33.5 Å². The molecule has 0 fully saturated rings. The molecule has 1 aromatic heterocycles. The van der Waals surface area contributed by atoms with Crippen LogP contribution in [-0.2, 0) is 0 Å². The van der Waals surface area contributed by atoms with Crippen LogP contribution in [0.3, 0.4) is 0 Å². The van der Waals surface area contributed by atoms with Crippen LogP contribution >= 0.6 is 0 Å². The fourth-order valence-corrected chi connectivity index (χ4v) is 6.81. The molecule has 0 saturated heterocycles. The summed E-state index contributed by atoms with van der Waals surface area (Å²) in [5.74, 6) is 0.565. The smallest absolute Gasteiger partial charge is 0.162 e. The maximum atomic E-state index is 9.30. The van der Waals surface area contributed by atoms with Crippen molar-refractivity contribution in [3.05, 3.63) is 193 Å². The van der Waals surface area contributed by atoms with E-state index in [0.29, 0.717) is 11.4 Å². The molecule has 9 aromatic rings. The minimum atomic E-state index is 0.128. The molecule has 0 aliphatic carbocycles. The van der Waals surface area contributed by atoms with Gasteiger partial charge in [-0.1, -0.05) is 140 Å². The molecule has 0 atom stereocenters. The third kappa shape index (κ3) is 5.79. The van der Waals surface area contributed by atoms with E-state index in [4.69, 9.17) is 14.4 Å². The van der Waals surface area contributed by atoms with Gasteiger partial charge < -0.3 is 4.42 Å². The van der Waals surface area contributed by atoms with Crippen LogP contribution in [0.15, 0.2) is 190 Å². The Labute approximate surface area is 295 Å². The number of benzene rings is 8. The highest BCUT2D eigenvalue weighted by Gasteiger charge is 2.19. The van der Waals surface area contributed by atoms with E-state index in [9.17, 15) is 5.41 Å². The van der Waals surface area contributed by atoms with Gasteiger partial charge in [0.15, 0.2) is 11.7 Å². The lowest BCUT2D eigenvalue weighted by Crippen LogP contribution is -2.05. The predicted molar refractivity (Wildman–Crippen MR) is 213 cm³/mol. The van der Waals surface area contributed by atoms with Gasteiger partial charge in [0.2, 0.25) is 0 Å². The van der Waals surface area contributed by atoms with Crippen molar-refractivity contribution in [3.63, 3.8) is 0 Å². The van der Waals surface area contributed by atoms with Crippen LogP contribution in [-0.4, -0.2) is 17.9 Å². The van der Waals surface area contributed by atoms with Gasteiger partial charge in [-0.2, -0.15) is 0 Å². The molecule has 0 unspecified atom stereocenters. The molecule has 0 bridgehead atoms. The Bertz CT molecular complexity index is 2800. The van der Waals surface area contributed by atoms with Crippen molar-refractivity contribution in [1.29, 1.82) is 5.41 Å². The largest absolute Gasteiger partial charge is 0.455 e. The fraction of sp³-hybridized carbons (Fsp3) is 0. The number of para-hydroxylation sites is 1. The van der Waals surface area contributed by atoms with Gasteiger partial charge in [-0.05, 0) is 80.4 Å². The van der Waals surface area contributed by atoms with Crippen molar-refractivity contribution in [2.45, 2.75) is 0 Å². The molecule has 0 amide bonds. The molecule has 4 heteroatoms. The predicted octanol–water partition coefficient (Wildman–Crippen LogP) is 12.1. The first-order valence-electron chi connectivity index (χ1n) is 17.0. The van der Waals surface area contributed by atoms with Crippen molar-refractivity contribution >= 4 is 61.4 Å². The van der Waals surface area contributed by atoms with E-state index in [0.717, 1.165) is 71.3 Å². The van der Waals surface area contributed by atoms with Crippen molar-refractivity contribution in [2.24, 2.45) is 9.98 Å². The number of fused-ring (bicyclic) bond motifs is 6. The first-order valence-corrected chi connectivity index (χ1v) is 17.0. The maximum Gasteiger partial charge on any atom is 0.162 e. The molecular formula is C47H31N3O. The monoisotopic (exact) mass is 653 g/mol. The SMILES string of the molecule is N=C(N=C(N=Cc1ccccc1)c1cc2cc(-c3ccccc3)ccc2c2oc3ccccc3c12)c1ccc2cc(-c3ccccc3)ccc2c1. The minimum absolute atomic E-state index is 0.128. The van der Waals surface area contributed by atoms with Gasteiger partial charge in [0.05, 0.1) is 0 Å². The molecule has 9 rings (SSSR count). The Kier molecular flexibility index (Phi) is 7.60. The van der Waals surface area contributed by atoms with Gasteiger partial charge >= 0.3 is 0 Å². The maximum absolute atomic E-state index is 9.30. The molecule has 0 aliphatic heterocycles. The Balaban J connectivity index is 1.22. The Morgan fingerprint density at radius 2 is 1.12 bits per heavy atom. The summed E-state index contributed by atoms with van der Waals surface area (Å²) in [6, 6.07) is 59.9. The first kappa shape index (κ1) is 30.2. The van der Waals surface area contributed by atoms with Crippen molar-refractivity contribution in [1.82, 2.24) is 0 Å². The summed E-state index contributed by atoms with van der Waals surface area (Å²) in [6.07, 6.45) is 1.82. The average molecular weight is 654 g/mol. The van der Waals surface area contributed by atoms with E-state index in [-0.39, 0.29) is 5.84 Å². The standard InChI is InChI=1S/C47H31N3O/c48-46(38-23-22-36-26-34(20-21-37(36)27-38)32-14-6-2-7-15-32)50-47(49-30-31-12-4-1-5-13-31)42-29-39-28-35(33-16-8-3-9-17-33)24-25-40(39)45-44(42)41-18-10-11-19-43(41)51-45/h1-30,48H. The molecule has 0 aliphatic rings. The molecule has 1 heterocycles. The van der Waals surface area contributed by atoms with Crippen molar-refractivity contribution in [3.8, 4) is 22.3 Å². The molecule has 240 valence electrons. The molecular weight excluding hydrogens is 623 g/mol. The van der Waals surface area contributed by atoms with Gasteiger partial charge in [0.1, 0.15) is 11.2 Å². The lowest BCUT2D eigenvalue weighted by Gasteiger charge is -2.10. The molecule has 8 aromatic carbocycles. The third-order valence-corrected chi connectivity index (χ3v) is 9.38. The summed E-state index contributed by atoms with van der Waals surface area (Å²) in [7, 11) is 0. The highest BCUT2D eigenvalue weighted by Crippen LogP contribution is 2.39. The number of hydrogen-bond acceptors (Lipinski definition) is 2. The number of nitrogens with zero attached hydrogens (tertiary/aromatic N) is 2. The number of aliphatic imine (C=N–C) groups is 2. The Morgan fingerprint density at radius 3 is 1.86 bits per heavy atom. The Morgan fingerprint density at radius 1 is 0.510 bits per heavy atom. The summed E-state index contributed by atoms with van der Waals surface area (Å²) >= 11 is 0. The highest BCUT2D eigenvalue weighted by molar-refractivity contribution is 6.27. The van der Waals surface area contributed by atoms with Gasteiger partial charge in [-0.3, -0.25) is 5.41 Å². The lowest BCUT2D eigenvalue weighted by molar-refractivity contribution is 0.672. The zero-order valence-electron chi connectivity index (χ0n) is 27.6. The minimum Gasteiger partial charge on any atom is -0.455 e.